The van der Waals surface area contributed by atoms with Crippen molar-refractivity contribution >= 4 is 17.1 Å². The van der Waals surface area contributed by atoms with Crippen LogP contribution in [0.1, 0.15) is 0 Å². The summed E-state index contributed by atoms with van der Waals surface area (Å²) >= 11 is 0. The van der Waals surface area contributed by atoms with Gasteiger partial charge in [0, 0.05) is 0 Å². The van der Waals surface area contributed by atoms with E-state index in [-0.39, 0.29) is 12.1 Å². The van der Waals surface area contributed by atoms with Crippen molar-refractivity contribution < 1.29 is 48.3 Å². The van der Waals surface area contributed by atoms with Crippen molar-refractivity contribution in [3.63, 3.8) is 0 Å². The van der Waals surface area contributed by atoms with Crippen LogP contribution in [0.15, 0.2) is 12.1 Å². The number of aliphatic hydroxyl groups excluding tert-OH is 3. The number of ether oxygens (including phenoxy) is 2. The van der Waals surface area contributed by atoms with Crippen LogP contribution in [0, 0.1) is 30.3 Å². The fourth-order valence-electron chi connectivity index (χ4n) is 2.35. The molecule has 4 atom stereocenters. The Morgan fingerprint density at radius 2 is 1.57 bits per heavy atom. The van der Waals surface area contributed by atoms with Crippen molar-refractivity contribution in [2.75, 3.05) is 6.61 Å². The van der Waals surface area contributed by atoms with Crippen molar-refractivity contribution in [2.45, 2.75) is 30.5 Å². The van der Waals surface area contributed by atoms with E-state index in [0.717, 1.165) is 0 Å². The summed E-state index contributed by atoms with van der Waals surface area (Å²) in [6.07, 6.45) is -9.82. The average Bonchev–Trinajstić information content (AvgIpc) is 2.61. The van der Waals surface area contributed by atoms with E-state index >= 15 is 0 Å². The van der Waals surface area contributed by atoms with Gasteiger partial charge in [-0.2, -0.15) is 8.78 Å². The molecule has 0 amide bonds. The standard InChI is InChI=1S/C12H11F2N3O11/c13-12(14)10(20)8(19)7(3-18)27-11(12)28-9-5(16(23)24)1-4(15(21)22)2-6(9)17(25)26/h1-2,7-8,10-11,18-20H,3H2/t7-,8-,10-,11-/m1/s1. The number of nitrogens with zero attached hydrogens (tertiary/aromatic N) is 3. The van der Waals surface area contributed by atoms with Gasteiger partial charge in [-0.05, 0) is 0 Å². The Bertz CT molecular complexity index is 785. The minimum Gasteiger partial charge on any atom is -0.445 e. The van der Waals surface area contributed by atoms with Gasteiger partial charge in [0.25, 0.3) is 17.7 Å². The third-order valence-electron chi connectivity index (χ3n) is 3.75. The lowest BCUT2D eigenvalue weighted by molar-refractivity contribution is -0.407. The fraction of sp³-hybridized carbons (Fsp3) is 0.500. The Balaban J connectivity index is 2.59. The molecule has 1 heterocycles. The minimum atomic E-state index is -4.42. The first kappa shape index (κ1) is 21.2. The predicted octanol–water partition coefficient (Wildman–Crippen LogP) is -0.136. The lowest BCUT2D eigenvalue weighted by Gasteiger charge is -2.41. The van der Waals surface area contributed by atoms with Crippen molar-refractivity contribution in [3.05, 3.63) is 42.5 Å². The summed E-state index contributed by atoms with van der Waals surface area (Å²) in [6.45, 7) is -1.07. The number of benzene rings is 1. The van der Waals surface area contributed by atoms with Crippen LogP contribution >= 0.6 is 0 Å². The molecule has 0 spiro atoms. The fourth-order valence-corrected chi connectivity index (χ4v) is 2.35. The highest BCUT2D eigenvalue weighted by Crippen LogP contribution is 2.44. The summed E-state index contributed by atoms with van der Waals surface area (Å²) in [5.41, 5.74) is -3.85. The molecule has 0 bridgehead atoms. The number of non-ortho nitro benzene ring substituents is 1. The first-order valence-corrected chi connectivity index (χ1v) is 7.20. The van der Waals surface area contributed by atoms with Crippen LogP contribution in [0.3, 0.4) is 0 Å². The van der Waals surface area contributed by atoms with Crippen molar-refractivity contribution in [1.29, 1.82) is 0 Å². The molecule has 1 aliphatic heterocycles. The third kappa shape index (κ3) is 3.65. The molecule has 1 fully saturated rings. The van der Waals surface area contributed by atoms with E-state index in [4.69, 9.17) is 5.11 Å². The molecule has 0 aliphatic carbocycles. The molecule has 0 unspecified atom stereocenters. The van der Waals surface area contributed by atoms with Gasteiger partial charge in [0.1, 0.15) is 12.2 Å². The van der Waals surface area contributed by atoms with Gasteiger partial charge in [-0.3, -0.25) is 30.3 Å². The van der Waals surface area contributed by atoms with Gasteiger partial charge in [-0.15, -0.1) is 0 Å². The third-order valence-corrected chi connectivity index (χ3v) is 3.75. The second-order valence-electron chi connectivity index (χ2n) is 5.50. The van der Waals surface area contributed by atoms with Gasteiger partial charge in [-0.25, -0.2) is 0 Å². The highest BCUT2D eigenvalue weighted by Gasteiger charge is 2.60. The second kappa shape index (κ2) is 7.50. The van der Waals surface area contributed by atoms with E-state index in [1.165, 1.54) is 0 Å². The quantitative estimate of drug-likeness (QED) is 0.414. The largest absolute Gasteiger partial charge is 0.445 e. The summed E-state index contributed by atoms with van der Waals surface area (Å²) in [6, 6.07) is 0.496. The van der Waals surface area contributed by atoms with Crippen LogP contribution < -0.4 is 4.74 Å². The zero-order valence-electron chi connectivity index (χ0n) is 13.4. The normalized spacial score (nSPS) is 26.5. The molecule has 0 aromatic heterocycles. The van der Waals surface area contributed by atoms with E-state index in [1.54, 1.807) is 0 Å². The SMILES string of the molecule is O=[N+]([O-])c1cc([N+](=O)[O-])c(O[C@H]2O[C@H](CO)[C@@H](O)[C@@H](O)C2(F)F)c([N+](=O)[O-])c1. The lowest BCUT2D eigenvalue weighted by Crippen LogP contribution is -2.64. The van der Waals surface area contributed by atoms with Crippen LogP contribution in [-0.2, 0) is 4.74 Å². The Labute approximate surface area is 152 Å². The van der Waals surface area contributed by atoms with E-state index in [2.05, 4.69) is 9.47 Å². The van der Waals surface area contributed by atoms with Crippen LogP contribution in [0.25, 0.3) is 0 Å². The number of hydrogen-bond donors (Lipinski definition) is 3. The Hall–Kier alpha value is -3.08. The van der Waals surface area contributed by atoms with E-state index in [0.29, 0.717) is 0 Å². The molecule has 0 radical (unpaired) electrons. The molecule has 1 aromatic rings. The number of aliphatic hydroxyl groups is 3. The van der Waals surface area contributed by atoms with Gasteiger partial charge in [0.2, 0.25) is 0 Å². The topological polar surface area (TPSA) is 209 Å². The maximum absolute atomic E-state index is 14.2. The number of nitro benzene ring substituents is 3. The molecular weight excluding hydrogens is 400 g/mol. The molecule has 1 saturated heterocycles. The highest BCUT2D eigenvalue weighted by molar-refractivity contribution is 5.65. The van der Waals surface area contributed by atoms with Crippen LogP contribution in [-0.4, -0.2) is 67.2 Å². The molecule has 3 N–H and O–H groups in total. The second-order valence-corrected chi connectivity index (χ2v) is 5.50. The van der Waals surface area contributed by atoms with Crippen molar-refractivity contribution in [3.8, 4) is 5.75 Å². The van der Waals surface area contributed by atoms with Gasteiger partial charge in [-0.1, -0.05) is 0 Å². The maximum atomic E-state index is 14.2. The van der Waals surface area contributed by atoms with Gasteiger partial charge in [0.15, 0.2) is 6.10 Å². The van der Waals surface area contributed by atoms with Gasteiger partial charge < -0.3 is 24.8 Å². The Kier molecular flexibility index (Phi) is 5.69. The van der Waals surface area contributed by atoms with E-state index in [9.17, 15) is 49.3 Å². The summed E-state index contributed by atoms with van der Waals surface area (Å²) in [4.78, 5) is 29.2. The van der Waals surface area contributed by atoms with Crippen LogP contribution in [0.4, 0.5) is 25.8 Å². The number of halogens is 2. The molecule has 16 heteroatoms. The first-order chi connectivity index (χ1) is 12.9. The van der Waals surface area contributed by atoms with Gasteiger partial charge in [0.05, 0.1) is 33.5 Å². The number of nitro groups is 3. The maximum Gasteiger partial charge on any atom is 0.336 e. The summed E-state index contributed by atoms with van der Waals surface area (Å²) in [5.74, 6) is -5.82. The number of alkyl halides is 2. The van der Waals surface area contributed by atoms with Gasteiger partial charge >= 0.3 is 17.3 Å². The average molecular weight is 411 g/mol. The molecule has 154 valence electrons. The Morgan fingerprint density at radius 3 is 1.96 bits per heavy atom. The molecule has 1 aromatic carbocycles. The number of rotatable bonds is 6. The molecular formula is C12H11F2N3O11. The predicted molar refractivity (Wildman–Crippen MR) is 79.7 cm³/mol. The molecule has 14 nitrogen and oxygen atoms in total. The lowest BCUT2D eigenvalue weighted by atomic mass is 9.98. The Morgan fingerprint density at radius 1 is 1.07 bits per heavy atom. The molecule has 2 rings (SSSR count). The summed E-state index contributed by atoms with van der Waals surface area (Å²) in [5, 5.41) is 61.1. The van der Waals surface area contributed by atoms with Crippen molar-refractivity contribution in [1.82, 2.24) is 0 Å². The summed E-state index contributed by atoms with van der Waals surface area (Å²) < 4.78 is 37.5. The van der Waals surface area contributed by atoms with E-state index < -0.39 is 74.7 Å². The highest BCUT2D eigenvalue weighted by atomic mass is 19.3. The molecule has 0 saturated carbocycles. The van der Waals surface area contributed by atoms with Crippen LogP contribution in [0.5, 0.6) is 5.75 Å². The van der Waals surface area contributed by atoms with Crippen molar-refractivity contribution in [2.24, 2.45) is 0 Å². The molecule has 1 aliphatic rings. The smallest absolute Gasteiger partial charge is 0.336 e. The minimum absolute atomic E-state index is 0.248. The zero-order chi connectivity index (χ0) is 21.4. The molecule has 28 heavy (non-hydrogen) atoms. The monoisotopic (exact) mass is 411 g/mol. The van der Waals surface area contributed by atoms with E-state index in [1.807, 2.05) is 0 Å². The van der Waals surface area contributed by atoms with Crippen LogP contribution in [0.2, 0.25) is 0 Å². The first-order valence-electron chi connectivity index (χ1n) is 7.20. The number of hydrogen-bond acceptors (Lipinski definition) is 11. The zero-order valence-corrected chi connectivity index (χ0v) is 13.4. The summed E-state index contributed by atoms with van der Waals surface area (Å²) in [7, 11) is 0.